The Morgan fingerprint density at radius 1 is 1.03 bits per heavy atom. The van der Waals surface area contributed by atoms with Crippen LogP contribution in [0.1, 0.15) is 48.3 Å². The number of oxime groups is 1. The van der Waals surface area contributed by atoms with E-state index < -0.39 is 6.09 Å². The van der Waals surface area contributed by atoms with Crippen LogP contribution in [0, 0.1) is 26.2 Å². The van der Waals surface area contributed by atoms with Crippen molar-refractivity contribution >= 4 is 29.1 Å². The van der Waals surface area contributed by atoms with Gasteiger partial charge in [-0.25, -0.2) is 4.79 Å². The van der Waals surface area contributed by atoms with Crippen molar-refractivity contribution < 1.29 is 9.63 Å². The molecule has 5 nitrogen and oxygen atoms in total. The molecule has 166 valence electrons. The molecule has 2 aromatic carbocycles. The average molecular weight is 450 g/mol. The van der Waals surface area contributed by atoms with Gasteiger partial charge in [-0.3, -0.25) is 10.2 Å². The van der Waals surface area contributed by atoms with Crippen LogP contribution in [0.4, 0.5) is 10.5 Å². The molecule has 3 aromatic rings. The number of nitrogens with one attached hydrogen (secondary N) is 1. The summed E-state index contributed by atoms with van der Waals surface area (Å²) in [7, 11) is 0. The summed E-state index contributed by atoms with van der Waals surface area (Å²) in [5, 5.41) is 7.56. The topological polar surface area (TPSA) is 55.6 Å². The SMILES string of the molecule is Cc1cc(C)cc(-n2c(C)cc3c2CC(C)(C)C/C3=N\OC(=O)Nc2ccc(Cl)cc2)c1. The zero-order valence-electron chi connectivity index (χ0n) is 19.1. The lowest BCUT2D eigenvalue weighted by Gasteiger charge is -2.31. The van der Waals surface area contributed by atoms with E-state index in [2.05, 4.69) is 73.9 Å². The van der Waals surface area contributed by atoms with Crippen molar-refractivity contribution in [3.8, 4) is 5.69 Å². The molecule has 0 aliphatic heterocycles. The fourth-order valence-electron chi connectivity index (χ4n) is 4.47. The Hall–Kier alpha value is -3.05. The third kappa shape index (κ3) is 4.73. The average Bonchev–Trinajstić information content (AvgIpc) is 3.02. The van der Waals surface area contributed by atoms with Gasteiger partial charge in [0.25, 0.3) is 0 Å². The molecule has 0 bridgehead atoms. The van der Waals surface area contributed by atoms with Gasteiger partial charge in [0.2, 0.25) is 0 Å². The van der Waals surface area contributed by atoms with Crippen LogP contribution in [0.5, 0.6) is 0 Å². The molecule has 0 spiro atoms. The fourth-order valence-corrected chi connectivity index (χ4v) is 4.60. The van der Waals surface area contributed by atoms with E-state index in [1.165, 1.54) is 16.8 Å². The highest BCUT2D eigenvalue weighted by molar-refractivity contribution is 6.30. The van der Waals surface area contributed by atoms with Gasteiger partial charge in [-0.2, -0.15) is 0 Å². The summed E-state index contributed by atoms with van der Waals surface area (Å²) in [5.41, 5.74) is 8.36. The number of hydrogen-bond donors (Lipinski definition) is 1. The molecule has 1 heterocycles. The summed E-state index contributed by atoms with van der Waals surface area (Å²) in [4.78, 5) is 17.6. The minimum Gasteiger partial charge on any atom is -0.318 e. The highest BCUT2D eigenvalue weighted by Crippen LogP contribution is 2.38. The van der Waals surface area contributed by atoms with Crippen molar-refractivity contribution in [2.45, 2.75) is 47.5 Å². The summed E-state index contributed by atoms with van der Waals surface area (Å²) < 4.78 is 2.31. The quantitative estimate of drug-likeness (QED) is 0.346. The van der Waals surface area contributed by atoms with Crippen LogP contribution in [-0.2, 0) is 11.3 Å². The molecule has 0 fully saturated rings. The van der Waals surface area contributed by atoms with Crippen LogP contribution in [0.25, 0.3) is 5.69 Å². The second-order valence-electron chi connectivity index (χ2n) is 9.39. The number of fused-ring (bicyclic) bond motifs is 1. The number of benzene rings is 2. The fraction of sp³-hybridized carbons (Fsp3) is 0.308. The molecular weight excluding hydrogens is 422 g/mol. The number of nitrogens with zero attached hydrogens (tertiary/aromatic N) is 2. The van der Waals surface area contributed by atoms with Gasteiger partial charge in [0.1, 0.15) is 0 Å². The van der Waals surface area contributed by atoms with Gasteiger partial charge in [0.15, 0.2) is 0 Å². The Morgan fingerprint density at radius 3 is 2.34 bits per heavy atom. The van der Waals surface area contributed by atoms with E-state index in [4.69, 9.17) is 16.4 Å². The summed E-state index contributed by atoms with van der Waals surface area (Å²) in [6, 6.07) is 15.6. The Bertz CT molecular complexity index is 1190. The molecule has 6 heteroatoms. The van der Waals surface area contributed by atoms with Crippen molar-refractivity contribution in [3.63, 3.8) is 0 Å². The maximum Gasteiger partial charge on any atom is 0.437 e. The normalized spacial score (nSPS) is 16.0. The summed E-state index contributed by atoms with van der Waals surface area (Å²) in [6.45, 7) is 10.8. The third-order valence-electron chi connectivity index (χ3n) is 5.68. The summed E-state index contributed by atoms with van der Waals surface area (Å²) >= 11 is 5.89. The molecule has 0 unspecified atom stereocenters. The maximum atomic E-state index is 12.3. The van der Waals surface area contributed by atoms with Gasteiger partial charge >= 0.3 is 6.09 Å². The van der Waals surface area contributed by atoms with Gasteiger partial charge in [0.05, 0.1) is 5.71 Å². The van der Waals surface area contributed by atoms with E-state index in [1.54, 1.807) is 24.3 Å². The van der Waals surface area contributed by atoms with Crippen molar-refractivity contribution in [1.82, 2.24) is 4.57 Å². The van der Waals surface area contributed by atoms with Crippen molar-refractivity contribution in [2.75, 3.05) is 5.32 Å². The largest absolute Gasteiger partial charge is 0.437 e. The number of carbonyl (C=O) groups is 1. The molecule has 0 atom stereocenters. The lowest BCUT2D eigenvalue weighted by molar-refractivity contribution is 0.165. The van der Waals surface area contributed by atoms with E-state index in [-0.39, 0.29) is 5.41 Å². The number of amides is 1. The maximum absolute atomic E-state index is 12.3. The Labute approximate surface area is 194 Å². The van der Waals surface area contributed by atoms with E-state index in [0.29, 0.717) is 10.7 Å². The van der Waals surface area contributed by atoms with Gasteiger partial charge in [-0.15, -0.1) is 0 Å². The van der Waals surface area contributed by atoms with E-state index in [1.807, 2.05) is 0 Å². The monoisotopic (exact) mass is 449 g/mol. The predicted octanol–water partition coefficient (Wildman–Crippen LogP) is 6.98. The number of carbonyl (C=O) groups excluding carboxylic acids is 1. The van der Waals surface area contributed by atoms with Crippen molar-refractivity contribution in [1.29, 1.82) is 0 Å². The zero-order valence-corrected chi connectivity index (χ0v) is 19.9. The zero-order chi connectivity index (χ0) is 23.0. The van der Waals surface area contributed by atoms with Crippen LogP contribution in [-0.4, -0.2) is 16.4 Å². The molecule has 0 saturated heterocycles. The van der Waals surface area contributed by atoms with Crippen LogP contribution in [0.3, 0.4) is 0 Å². The first-order valence-electron chi connectivity index (χ1n) is 10.7. The minimum atomic E-state index is -0.629. The highest BCUT2D eigenvalue weighted by Gasteiger charge is 2.33. The lowest BCUT2D eigenvalue weighted by Crippen LogP contribution is -2.29. The first-order chi connectivity index (χ1) is 15.1. The second-order valence-corrected chi connectivity index (χ2v) is 9.83. The highest BCUT2D eigenvalue weighted by atomic mass is 35.5. The van der Waals surface area contributed by atoms with Crippen molar-refractivity contribution in [3.05, 3.63) is 81.6 Å². The number of anilines is 1. The molecule has 32 heavy (non-hydrogen) atoms. The first kappa shape index (κ1) is 22.2. The lowest BCUT2D eigenvalue weighted by atomic mass is 9.76. The standard InChI is InChI=1S/C26H28ClN3O2/c1-16-10-17(2)12-21(11-16)30-18(3)13-22-23(14-26(4,5)15-24(22)30)29-32-25(31)28-20-8-6-19(27)7-9-20/h6-13H,14-15H2,1-5H3,(H,28,31)/b29-23+. The Kier molecular flexibility index (Phi) is 5.87. The van der Waals surface area contributed by atoms with Crippen LogP contribution in [0.15, 0.2) is 53.7 Å². The molecule has 1 aliphatic carbocycles. The van der Waals surface area contributed by atoms with Crippen LogP contribution < -0.4 is 5.32 Å². The molecular formula is C26H28ClN3O2. The minimum absolute atomic E-state index is 0.0107. The van der Waals surface area contributed by atoms with Crippen LogP contribution >= 0.6 is 11.6 Å². The van der Waals surface area contributed by atoms with Gasteiger partial charge in [-0.1, -0.05) is 36.7 Å². The van der Waals surface area contributed by atoms with E-state index >= 15 is 0 Å². The number of aromatic nitrogens is 1. The number of hydrogen-bond acceptors (Lipinski definition) is 3. The molecule has 1 aromatic heterocycles. The van der Waals surface area contributed by atoms with Gasteiger partial charge < -0.3 is 4.57 Å². The molecule has 1 aliphatic rings. The molecule has 1 amide bonds. The third-order valence-corrected chi connectivity index (χ3v) is 5.94. The smallest absolute Gasteiger partial charge is 0.318 e. The Morgan fingerprint density at radius 2 is 1.69 bits per heavy atom. The number of aryl methyl sites for hydroxylation is 3. The van der Waals surface area contributed by atoms with Gasteiger partial charge in [0, 0.05) is 33.3 Å². The van der Waals surface area contributed by atoms with E-state index in [9.17, 15) is 4.79 Å². The first-order valence-corrected chi connectivity index (χ1v) is 11.1. The van der Waals surface area contributed by atoms with Crippen molar-refractivity contribution in [2.24, 2.45) is 10.6 Å². The van der Waals surface area contributed by atoms with Gasteiger partial charge in [-0.05, 0) is 92.6 Å². The second kappa shape index (κ2) is 8.47. The van der Waals surface area contributed by atoms with E-state index in [0.717, 1.165) is 35.5 Å². The summed E-state index contributed by atoms with van der Waals surface area (Å²) in [5.74, 6) is 0. The number of rotatable bonds is 3. The molecule has 0 radical (unpaired) electrons. The molecule has 0 saturated carbocycles. The molecule has 1 N–H and O–H groups in total. The predicted molar refractivity (Wildman–Crippen MR) is 130 cm³/mol. The Balaban J connectivity index is 1.65. The number of halogens is 1. The molecule has 4 rings (SSSR count). The summed E-state index contributed by atoms with van der Waals surface area (Å²) in [6.07, 6.45) is 1.01. The van der Waals surface area contributed by atoms with Crippen LogP contribution in [0.2, 0.25) is 5.02 Å².